The van der Waals surface area contributed by atoms with Crippen LogP contribution in [0.4, 0.5) is 5.69 Å². The maximum absolute atomic E-state index is 8.95. The maximum Gasteiger partial charge on any atom is 0.0692 e. The third-order valence-electron chi connectivity index (χ3n) is 1.62. The predicted molar refractivity (Wildman–Crippen MR) is 52.0 cm³/mol. The van der Waals surface area contributed by atoms with Crippen molar-refractivity contribution in [2.75, 3.05) is 11.7 Å². The van der Waals surface area contributed by atoms with E-state index in [1.54, 1.807) is 11.8 Å². The van der Waals surface area contributed by atoms with Gasteiger partial charge in [-0.3, -0.25) is 5.84 Å². The molecule has 0 unspecified atom stereocenters. The summed E-state index contributed by atoms with van der Waals surface area (Å²) in [6, 6.07) is 5.61. The Kier molecular flexibility index (Phi) is 3.40. The molecular formula is C8H12N2OS. The fourth-order valence-electron chi connectivity index (χ4n) is 0.965. The van der Waals surface area contributed by atoms with Crippen LogP contribution in [-0.4, -0.2) is 11.4 Å². The van der Waals surface area contributed by atoms with Crippen LogP contribution in [0.1, 0.15) is 5.56 Å². The van der Waals surface area contributed by atoms with E-state index in [9.17, 15) is 0 Å². The fraction of sp³-hybridized carbons (Fsp3) is 0.250. The number of nitrogens with two attached hydrogens (primary N) is 1. The number of thioether (sulfide) groups is 1. The van der Waals surface area contributed by atoms with Crippen molar-refractivity contribution >= 4 is 17.4 Å². The minimum Gasteiger partial charge on any atom is -0.392 e. The summed E-state index contributed by atoms with van der Waals surface area (Å²) in [7, 11) is 0. The van der Waals surface area contributed by atoms with Gasteiger partial charge >= 0.3 is 0 Å². The number of hydrazine groups is 1. The van der Waals surface area contributed by atoms with Crippen molar-refractivity contribution in [3.8, 4) is 0 Å². The number of hydrogen-bond donors (Lipinski definition) is 3. The lowest BCUT2D eigenvalue weighted by molar-refractivity contribution is 0.279. The highest BCUT2D eigenvalue weighted by molar-refractivity contribution is 7.98. The summed E-state index contributed by atoms with van der Waals surface area (Å²) < 4.78 is 0. The molecule has 3 nitrogen and oxygen atoms in total. The number of anilines is 1. The molecule has 0 aliphatic rings. The number of aliphatic hydroxyl groups excluding tert-OH is 1. The van der Waals surface area contributed by atoms with Crippen molar-refractivity contribution in [2.24, 2.45) is 5.84 Å². The molecule has 0 bridgehead atoms. The van der Waals surface area contributed by atoms with E-state index in [0.717, 1.165) is 16.1 Å². The van der Waals surface area contributed by atoms with Crippen LogP contribution in [0.5, 0.6) is 0 Å². The van der Waals surface area contributed by atoms with Gasteiger partial charge in [-0.15, -0.1) is 11.8 Å². The molecule has 66 valence electrons. The van der Waals surface area contributed by atoms with Gasteiger partial charge in [-0.05, 0) is 24.0 Å². The zero-order valence-electron chi connectivity index (χ0n) is 6.87. The highest BCUT2D eigenvalue weighted by Crippen LogP contribution is 2.23. The molecule has 0 fully saturated rings. The molecule has 0 radical (unpaired) electrons. The summed E-state index contributed by atoms with van der Waals surface area (Å²) in [5.41, 5.74) is 4.35. The zero-order chi connectivity index (χ0) is 8.97. The molecule has 0 heterocycles. The normalized spacial score (nSPS) is 9.92. The first-order chi connectivity index (χ1) is 5.81. The van der Waals surface area contributed by atoms with Gasteiger partial charge in [0.05, 0.1) is 6.61 Å². The summed E-state index contributed by atoms with van der Waals surface area (Å²) in [6.07, 6.45) is 1.97. The lowest BCUT2D eigenvalue weighted by atomic mass is 10.2. The summed E-state index contributed by atoms with van der Waals surface area (Å²) in [5, 5.41) is 8.95. The van der Waals surface area contributed by atoms with E-state index < -0.39 is 0 Å². The largest absolute Gasteiger partial charge is 0.392 e. The molecule has 0 saturated heterocycles. The number of nitrogens with one attached hydrogen (secondary N) is 1. The van der Waals surface area contributed by atoms with E-state index in [0.29, 0.717) is 0 Å². The molecule has 1 aromatic carbocycles. The van der Waals surface area contributed by atoms with E-state index in [1.807, 2.05) is 24.5 Å². The molecule has 1 aromatic rings. The number of nitrogen functional groups attached to an aromatic ring is 1. The van der Waals surface area contributed by atoms with Crippen molar-refractivity contribution in [3.05, 3.63) is 23.8 Å². The smallest absolute Gasteiger partial charge is 0.0692 e. The molecule has 0 amide bonds. The van der Waals surface area contributed by atoms with Crippen molar-refractivity contribution < 1.29 is 5.11 Å². The van der Waals surface area contributed by atoms with E-state index in [4.69, 9.17) is 10.9 Å². The number of aliphatic hydroxyl groups is 1. The monoisotopic (exact) mass is 184 g/mol. The van der Waals surface area contributed by atoms with Crippen molar-refractivity contribution in [1.82, 2.24) is 0 Å². The van der Waals surface area contributed by atoms with Gasteiger partial charge < -0.3 is 10.5 Å². The van der Waals surface area contributed by atoms with Gasteiger partial charge in [0.1, 0.15) is 0 Å². The molecule has 4 heteroatoms. The lowest BCUT2D eigenvalue weighted by Crippen LogP contribution is -2.06. The molecule has 0 atom stereocenters. The van der Waals surface area contributed by atoms with E-state index in [2.05, 4.69) is 5.43 Å². The Morgan fingerprint density at radius 3 is 2.83 bits per heavy atom. The topological polar surface area (TPSA) is 58.3 Å². The minimum atomic E-state index is 0.0705. The van der Waals surface area contributed by atoms with Crippen LogP contribution in [0.15, 0.2) is 23.1 Å². The van der Waals surface area contributed by atoms with Gasteiger partial charge in [0.2, 0.25) is 0 Å². The van der Waals surface area contributed by atoms with Gasteiger partial charge in [-0.1, -0.05) is 6.07 Å². The van der Waals surface area contributed by atoms with Gasteiger partial charge in [0.25, 0.3) is 0 Å². The molecule has 0 aromatic heterocycles. The van der Waals surface area contributed by atoms with Crippen LogP contribution < -0.4 is 11.3 Å². The number of rotatable bonds is 3. The Balaban J connectivity index is 3.02. The number of benzene rings is 1. The Bertz CT molecular complexity index is 265. The highest BCUT2D eigenvalue weighted by atomic mass is 32.2. The quantitative estimate of drug-likeness (QED) is 0.375. The standard InChI is InChI=1S/C8H12N2OS/c1-12-8-4-7(10-9)3-2-6(8)5-11/h2-4,10-11H,5,9H2,1H3. The van der Waals surface area contributed by atoms with Gasteiger partial charge in [-0.25, -0.2) is 0 Å². The molecular weight excluding hydrogens is 172 g/mol. The van der Waals surface area contributed by atoms with Gasteiger partial charge in [0.15, 0.2) is 0 Å². The average molecular weight is 184 g/mol. The van der Waals surface area contributed by atoms with Crippen molar-refractivity contribution in [1.29, 1.82) is 0 Å². The predicted octanol–water partition coefficient (Wildman–Crippen LogP) is 1.19. The van der Waals surface area contributed by atoms with E-state index in [-0.39, 0.29) is 6.61 Å². The average Bonchev–Trinajstić information content (AvgIpc) is 2.16. The first-order valence-electron chi connectivity index (χ1n) is 3.56. The Labute approximate surface area is 75.9 Å². The minimum absolute atomic E-state index is 0.0705. The SMILES string of the molecule is CSc1cc(NN)ccc1CO. The van der Waals surface area contributed by atoms with Crippen LogP contribution in [0.2, 0.25) is 0 Å². The Hall–Kier alpha value is -0.710. The zero-order valence-corrected chi connectivity index (χ0v) is 7.69. The van der Waals surface area contributed by atoms with Crippen LogP contribution >= 0.6 is 11.8 Å². The Morgan fingerprint density at radius 2 is 2.33 bits per heavy atom. The second-order valence-corrected chi connectivity index (χ2v) is 3.18. The Morgan fingerprint density at radius 1 is 1.58 bits per heavy atom. The van der Waals surface area contributed by atoms with Crippen LogP contribution in [-0.2, 0) is 6.61 Å². The van der Waals surface area contributed by atoms with Gasteiger partial charge in [-0.2, -0.15) is 0 Å². The molecule has 0 aliphatic carbocycles. The highest BCUT2D eigenvalue weighted by Gasteiger charge is 2.00. The molecule has 0 spiro atoms. The summed E-state index contributed by atoms with van der Waals surface area (Å²) in [4.78, 5) is 1.05. The number of hydrogen-bond acceptors (Lipinski definition) is 4. The van der Waals surface area contributed by atoms with E-state index >= 15 is 0 Å². The first-order valence-corrected chi connectivity index (χ1v) is 4.78. The van der Waals surface area contributed by atoms with Crippen molar-refractivity contribution in [2.45, 2.75) is 11.5 Å². The van der Waals surface area contributed by atoms with Crippen LogP contribution in [0.25, 0.3) is 0 Å². The lowest BCUT2D eigenvalue weighted by Gasteiger charge is -2.06. The third kappa shape index (κ3) is 1.91. The summed E-state index contributed by atoms with van der Waals surface area (Å²) >= 11 is 1.59. The second kappa shape index (κ2) is 4.35. The maximum atomic E-state index is 8.95. The van der Waals surface area contributed by atoms with Crippen LogP contribution in [0, 0.1) is 0 Å². The third-order valence-corrected chi connectivity index (χ3v) is 2.44. The molecule has 4 N–H and O–H groups in total. The molecule has 1 rings (SSSR count). The fourth-order valence-corrected chi connectivity index (χ4v) is 1.60. The second-order valence-electron chi connectivity index (χ2n) is 2.33. The molecule has 0 aliphatic heterocycles. The molecule has 0 saturated carbocycles. The summed E-state index contributed by atoms with van der Waals surface area (Å²) in [5.74, 6) is 5.24. The van der Waals surface area contributed by atoms with E-state index in [1.165, 1.54) is 0 Å². The van der Waals surface area contributed by atoms with Crippen molar-refractivity contribution in [3.63, 3.8) is 0 Å². The van der Waals surface area contributed by atoms with Gasteiger partial charge in [0, 0.05) is 10.6 Å². The van der Waals surface area contributed by atoms with Crippen LogP contribution in [0.3, 0.4) is 0 Å². The summed E-state index contributed by atoms with van der Waals surface area (Å²) in [6.45, 7) is 0.0705. The molecule has 12 heavy (non-hydrogen) atoms. The first kappa shape index (κ1) is 9.38.